The molecular formula is C14H30N2O. The van der Waals surface area contributed by atoms with Crippen molar-refractivity contribution in [2.45, 2.75) is 33.6 Å². The van der Waals surface area contributed by atoms with Gasteiger partial charge in [0.25, 0.3) is 0 Å². The van der Waals surface area contributed by atoms with E-state index in [2.05, 4.69) is 31.0 Å². The van der Waals surface area contributed by atoms with Crippen LogP contribution in [-0.2, 0) is 4.74 Å². The Bertz CT molecular complexity index is 206. The highest BCUT2D eigenvalue weighted by atomic mass is 16.5. The van der Waals surface area contributed by atoms with Crippen LogP contribution in [0, 0.1) is 11.3 Å². The van der Waals surface area contributed by atoms with Crippen molar-refractivity contribution < 1.29 is 4.74 Å². The topological polar surface area (TPSA) is 24.5 Å². The maximum Gasteiger partial charge on any atom is 0.0467 e. The number of nitrogens with one attached hydrogen (secondary N) is 1. The molecule has 1 saturated heterocycles. The van der Waals surface area contributed by atoms with Crippen LogP contribution in [0.15, 0.2) is 0 Å². The zero-order valence-electron chi connectivity index (χ0n) is 12.1. The van der Waals surface area contributed by atoms with Gasteiger partial charge in [0, 0.05) is 26.8 Å². The van der Waals surface area contributed by atoms with Gasteiger partial charge in [-0.15, -0.1) is 0 Å². The molecule has 0 bridgehead atoms. The van der Waals surface area contributed by atoms with Gasteiger partial charge in [-0.25, -0.2) is 0 Å². The van der Waals surface area contributed by atoms with Crippen LogP contribution in [0.5, 0.6) is 0 Å². The standard InChI is InChI=1S/C14H30N2O/c1-13-10-15-7-5-8-16(11-13)12-14(2,3)6-9-17-4/h13,15H,5-12H2,1-4H3. The Hall–Kier alpha value is -0.120. The smallest absolute Gasteiger partial charge is 0.0467 e. The summed E-state index contributed by atoms with van der Waals surface area (Å²) >= 11 is 0. The van der Waals surface area contributed by atoms with E-state index in [1.54, 1.807) is 7.11 Å². The van der Waals surface area contributed by atoms with Gasteiger partial charge in [-0.05, 0) is 43.8 Å². The van der Waals surface area contributed by atoms with E-state index < -0.39 is 0 Å². The molecule has 1 heterocycles. The third kappa shape index (κ3) is 6.39. The fourth-order valence-electron chi connectivity index (χ4n) is 2.58. The Morgan fingerprint density at radius 3 is 2.88 bits per heavy atom. The molecule has 102 valence electrons. The van der Waals surface area contributed by atoms with E-state index in [-0.39, 0.29) is 0 Å². The molecule has 1 unspecified atom stereocenters. The zero-order chi connectivity index (χ0) is 12.7. The molecule has 0 saturated carbocycles. The van der Waals surface area contributed by atoms with Gasteiger partial charge in [0.05, 0.1) is 0 Å². The fraction of sp³-hybridized carbons (Fsp3) is 1.00. The summed E-state index contributed by atoms with van der Waals surface area (Å²) in [5.41, 5.74) is 0.363. The Kier molecular flexibility index (Phi) is 6.45. The van der Waals surface area contributed by atoms with E-state index >= 15 is 0 Å². The van der Waals surface area contributed by atoms with Crippen molar-refractivity contribution in [3.8, 4) is 0 Å². The Balaban J connectivity index is 2.40. The van der Waals surface area contributed by atoms with Gasteiger partial charge in [0.1, 0.15) is 0 Å². The molecule has 0 aliphatic carbocycles. The van der Waals surface area contributed by atoms with Crippen LogP contribution in [0.4, 0.5) is 0 Å². The van der Waals surface area contributed by atoms with Crippen LogP contribution >= 0.6 is 0 Å². The summed E-state index contributed by atoms with van der Waals surface area (Å²) < 4.78 is 5.20. The molecule has 0 aromatic carbocycles. The number of hydrogen-bond acceptors (Lipinski definition) is 3. The highest BCUT2D eigenvalue weighted by molar-refractivity contribution is 4.77. The molecule has 1 atom stereocenters. The summed E-state index contributed by atoms with van der Waals surface area (Å²) in [5.74, 6) is 0.758. The van der Waals surface area contributed by atoms with Gasteiger partial charge in [-0.3, -0.25) is 0 Å². The molecule has 3 nitrogen and oxygen atoms in total. The first kappa shape index (κ1) is 14.9. The van der Waals surface area contributed by atoms with Crippen molar-refractivity contribution in [1.29, 1.82) is 0 Å². The van der Waals surface area contributed by atoms with Gasteiger partial charge in [0.2, 0.25) is 0 Å². The summed E-state index contributed by atoms with van der Waals surface area (Å²) in [6.45, 7) is 13.9. The first-order chi connectivity index (χ1) is 8.03. The van der Waals surface area contributed by atoms with Crippen LogP contribution in [-0.4, -0.2) is 51.3 Å². The predicted molar refractivity (Wildman–Crippen MR) is 73.4 cm³/mol. The molecule has 1 N–H and O–H groups in total. The summed E-state index contributed by atoms with van der Waals surface area (Å²) in [7, 11) is 1.79. The van der Waals surface area contributed by atoms with Crippen LogP contribution in [0.3, 0.4) is 0 Å². The molecule has 0 spiro atoms. The Morgan fingerprint density at radius 1 is 1.41 bits per heavy atom. The quantitative estimate of drug-likeness (QED) is 0.798. The lowest BCUT2D eigenvalue weighted by Crippen LogP contribution is -2.43. The van der Waals surface area contributed by atoms with Crippen LogP contribution in [0.1, 0.15) is 33.6 Å². The fourth-order valence-corrected chi connectivity index (χ4v) is 2.58. The Morgan fingerprint density at radius 2 is 2.18 bits per heavy atom. The van der Waals surface area contributed by atoms with Crippen LogP contribution < -0.4 is 5.32 Å². The highest BCUT2D eigenvalue weighted by Gasteiger charge is 2.23. The number of rotatable bonds is 5. The molecule has 0 aromatic heterocycles. The summed E-state index contributed by atoms with van der Waals surface area (Å²) in [5, 5.41) is 3.51. The van der Waals surface area contributed by atoms with E-state index in [9.17, 15) is 0 Å². The van der Waals surface area contributed by atoms with E-state index in [0.29, 0.717) is 5.41 Å². The van der Waals surface area contributed by atoms with Gasteiger partial charge < -0.3 is 15.0 Å². The average molecular weight is 242 g/mol. The molecule has 1 aliphatic heterocycles. The molecule has 17 heavy (non-hydrogen) atoms. The lowest BCUT2D eigenvalue weighted by molar-refractivity contribution is 0.104. The normalized spacial score (nSPS) is 24.4. The minimum atomic E-state index is 0.363. The molecule has 1 fully saturated rings. The first-order valence-corrected chi connectivity index (χ1v) is 6.95. The van der Waals surface area contributed by atoms with Gasteiger partial charge in [-0.1, -0.05) is 20.8 Å². The molecule has 0 radical (unpaired) electrons. The number of hydrogen-bond donors (Lipinski definition) is 1. The van der Waals surface area contributed by atoms with Crippen molar-refractivity contribution >= 4 is 0 Å². The summed E-state index contributed by atoms with van der Waals surface area (Å²) in [6.07, 6.45) is 2.42. The highest BCUT2D eigenvalue weighted by Crippen LogP contribution is 2.22. The Labute approximate surface area is 107 Å². The molecule has 0 amide bonds. The molecule has 1 rings (SSSR count). The third-order valence-corrected chi connectivity index (χ3v) is 3.53. The van der Waals surface area contributed by atoms with Gasteiger partial charge >= 0.3 is 0 Å². The zero-order valence-corrected chi connectivity index (χ0v) is 12.1. The number of nitrogens with zero attached hydrogens (tertiary/aromatic N) is 1. The van der Waals surface area contributed by atoms with E-state index in [0.717, 1.165) is 25.5 Å². The van der Waals surface area contributed by atoms with Crippen LogP contribution in [0.2, 0.25) is 0 Å². The third-order valence-electron chi connectivity index (χ3n) is 3.53. The van der Waals surface area contributed by atoms with Crippen molar-refractivity contribution in [2.75, 3.05) is 46.4 Å². The number of ether oxygens (including phenoxy) is 1. The van der Waals surface area contributed by atoms with Gasteiger partial charge in [-0.2, -0.15) is 0 Å². The second-order valence-corrected chi connectivity index (χ2v) is 6.30. The maximum absolute atomic E-state index is 5.20. The molecule has 1 aliphatic rings. The second-order valence-electron chi connectivity index (χ2n) is 6.30. The molecular weight excluding hydrogens is 212 g/mol. The summed E-state index contributed by atoms with van der Waals surface area (Å²) in [6, 6.07) is 0. The van der Waals surface area contributed by atoms with Crippen molar-refractivity contribution in [3.05, 3.63) is 0 Å². The lowest BCUT2D eigenvalue weighted by Gasteiger charge is -2.35. The van der Waals surface area contributed by atoms with E-state index in [1.165, 1.54) is 32.6 Å². The van der Waals surface area contributed by atoms with Crippen LogP contribution in [0.25, 0.3) is 0 Å². The van der Waals surface area contributed by atoms with E-state index in [4.69, 9.17) is 4.74 Å². The summed E-state index contributed by atoms with van der Waals surface area (Å²) in [4.78, 5) is 2.64. The van der Waals surface area contributed by atoms with Gasteiger partial charge in [0.15, 0.2) is 0 Å². The van der Waals surface area contributed by atoms with E-state index in [1.807, 2.05) is 0 Å². The predicted octanol–water partition coefficient (Wildman–Crippen LogP) is 1.98. The van der Waals surface area contributed by atoms with Crippen molar-refractivity contribution in [3.63, 3.8) is 0 Å². The minimum Gasteiger partial charge on any atom is -0.385 e. The second kappa shape index (κ2) is 7.34. The monoisotopic (exact) mass is 242 g/mol. The number of methoxy groups -OCH3 is 1. The van der Waals surface area contributed by atoms with Crippen molar-refractivity contribution in [1.82, 2.24) is 10.2 Å². The molecule has 0 aromatic rings. The maximum atomic E-state index is 5.20. The minimum absolute atomic E-state index is 0.363. The largest absolute Gasteiger partial charge is 0.385 e. The molecule has 3 heteroatoms. The lowest BCUT2D eigenvalue weighted by atomic mass is 9.88. The first-order valence-electron chi connectivity index (χ1n) is 6.95. The SMILES string of the molecule is COCCC(C)(C)CN1CCCNCC(C)C1. The van der Waals surface area contributed by atoms with Crippen molar-refractivity contribution in [2.24, 2.45) is 11.3 Å². The average Bonchev–Trinajstić information content (AvgIpc) is 2.22.